The van der Waals surface area contributed by atoms with Crippen molar-refractivity contribution < 1.29 is 33.6 Å². The average molecular weight is 713 g/mol. The second kappa shape index (κ2) is 12.9. The zero-order chi connectivity index (χ0) is 38.2. The fraction of sp³-hybridized carbons (Fsp3) is 0.816. The van der Waals surface area contributed by atoms with E-state index in [2.05, 4.69) is 35.1 Å². The molecule has 2 aliphatic heterocycles. The van der Waals surface area contributed by atoms with Gasteiger partial charge in [0.1, 0.15) is 17.6 Å². The van der Waals surface area contributed by atoms with Crippen LogP contribution in [0.25, 0.3) is 0 Å². The summed E-state index contributed by atoms with van der Waals surface area (Å²) in [7, 11) is 0. The maximum absolute atomic E-state index is 14.5. The van der Waals surface area contributed by atoms with Crippen LogP contribution in [0.3, 0.4) is 0 Å². The predicted octanol–water partition coefficient (Wildman–Crippen LogP) is 2.91. The van der Waals surface area contributed by atoms with Crippen LogP contribution in [0.4, 0.5) is 4.79 Å². The Morgan fingerprint density at radius 2 is 1.47 bits per heavy atom. The number of hydrogen-bond donors (Lipinski definition) is 4. The van der Waals surface area contributed by atoms with Crippen molar-refractivity contribution in [3.63, 3.8) is 0 Å². The molecule has 284 valence electrons. The lowest BCUT2D eigenvalue weighted by Crippen LogP contribution is -2.63. The third kappa shape index (κ3) is 7.68. The summed E-state index contributed by atoms with van der Waals surface area (Å²) >= 11 is 0. The fourth-order valence-electron chi connectivity index (χ4n) is 8.38. The molecule has 7 amide bonds. The number of fused-ring (bicyclic) bond motifs is 1. The van der Waals surface area contributed by atoms with Crippen molar-refractivity contribution in [2.45, 2.75) is 144 Å². The summed E-state index contributed by atoms with van der Waals surface area (Å²) in [5, 5.41) is 11.6. The van der Waals surface area contributed by atoms with Gasteiger partial charge < -0.3 is 26.2 Å². The monoisotopic (exact) mass is 712 g/mol. The molecule has 0 aromatic rings. The highest BCUT2D eigenvalue weighted by molar-refractivity contribution is 6.41. The molecule has 5 rings (SSSR count). The zero-order valence-corrected chi connectivity index (χ0v) is 32.5. The van der Waals surface area contributed by atoms with Crippen molar-refractivity contribution in [1.29, 1.82) is 0 Å². The van der Waals surface area contributed by atoms with Gasteiger partial charge in [0, 0.05) is 32.0 Å². The standard InChI is InChI=1S/C38H60N6O7/c1-12-20-15-38(20,29(47)31(49)39-21-13-14-21)42-30(48)27-26-22(37(26,10)11)18-44(27)32(50)28(35(5,6)7)41-33(51)40-23(34(2,3)4)19-43-24(45)16-36(8,9)17-25(43)46/h20-23,26-28H,12-19H2,1-11H3,(H,39,49)(H,42,48)(H2,40,41,51)/t20?,22-,23+,26-,27-,28+,38-/m0/s1. The molecule has 0 bridgehead atoms. The van der Waals surface area contributed by atoms with Crippen molar-refractivity contribution in [3.05, 3.63) is 0 Å². The van der Waals surface area contributed by atoms with Gasteiger partial charge in [-0.25, -0.2) is 4.79 Å². The maximum Gasteiger partial charge on any atom is 0.315 e. The van der Waals surface area contributed by atoms with E-state index in [1.54, 1.807) is 4.90 Å². The summed E-state index contributed by atoms with van der Waals surface area (Å²) in [4.78, 5) is 97.5. The number of ketones is 1. The lowest BCUT2D eigenvalue weighted by atomic mass is 9.80. The van der Waals surface area contributed by atoms with E-state index in [9.17, 15) is 33.6 Å². The fourth-order valence-corrected chi connectivity index (χ4v) is 8.38. The van der Waals surface area contributed by atoms with Gasteiger partial charge in [-0.15, -0.1) is 0 Å². The van der Waals surface area contributed by atoms with Crippen LogP contribution in [0.2, 0.25) is 0 Å². The van der Waals surface area contributed by atoms with Crippen LogP contribution in [0.15, 0.2) is 0 Å². The smallest absolute Gasteiger partial charge is 0.315 e. The van der Waals surface area contributed by atoms with E-state index in [1.807, 2.05) is 62.3 Å². The topological polar surface area (TPSA) is 174 Å². The second-order valence-corrected chi connectivity index (χ2v) is 19.5. The number of piperidine rings is 2. The summed E-state index contributed by atoms with van der Waals surface area (Å²) < 4.78 is 0. The van der Waals surface area contributed by atoms with Crippen LogP contribution in [0.5, 0.6) is 0 Å². The predicted molar refractivity (Wildman–Crippen MR) is 190 cm³/mol. The highest BCUT2D eigenvalue weighted by Crippen LogP contribution is 2.65. The number of hydrogen-bond acceptors (Lipinski definition) is 7. The van der Waals surface area contributed by atoms with Gasteiger partial charge in [-0.05, 0) is 58.7 Å². The Bertz CT molecular complexity index is 1480. The lowest BCUT2D eigenvalue weighted by Gasteiger charge is -2.41. The van der Waals surface area contributed by atoms with Crippen molar-refractivity contribution in [2.75, 3.05) is 13.1 Å². The molecule has 3 aliphatic carbocycles. The second-order valence-electron chi connectivity index (χ2n) is 19.5. The first-order chi connectivity index (χ1) is 23.3. The van der Waals surface area contributed by atoms with Crippen LogP contribution in [0, 0.1) is 39.4 Å². The molecule has 5 fully saturated rings. The first-order valence-corrected chi connectivity index (χ1v) is 18.7. The van der Waals surface area contributed by atoms with Crippen molar-refractivity contribution in [1.82, 2.24) is 31.1 Å². The number of nitrogens with zero attached hydrogens (tertiary/aromatic N) is 2. The zero-order valence-electron chi connectivity index (χ0n) is 32.5. The van der Waals surface area contributed by atoms with Gasteiger partial charge in [0.15, 0.2) is 0 Å². The van der Waals surface area contributed by atoms with Gasteiger partial charge in [0.05, 0.1) is 6.04 Å². The highest BCUT2D eigenvalue weighted by Gasteiger charge is 2.71. The number of rotatable bonds is 11. The SMILES string of the molecule is CCC1C[C@@]1(NC(=O)[C@@H]1[C@@H]2[C@H](CN1C(=O)[C@@H](NC(=O)N[C@H](CN1C(=O)CC(C)(C)CC1=O)C(C)(C)C)C(C)(C)C)C2(C)C)C(=O)C(=O)NC1CC1. The lowest BCUT2D eigenvalue weighted by molar-refractivity contribution is -0.153. The van der Waals surface area contributed by atoms with E-state index >= 15 is 0 Å². The number of imide groups is 1. The first kappa shape index (κ1) is 38.7. The maximum atomic E-state index is 14.5. The van der Waals surface area contributed by atoms with Gasteiger partial charge in [0.25, 0.3) is 5.91 Å². The molecule has 1 unspecified atom stereocenters. The Kier molecular flexibility index (Phi) is 9.76. The minimum absolute atomic E-state index is 0.00349. The molecule has 0 aromatic carbocycles. The van der Waals surface area contributed by atoms with E-state index in [0.717, 1.165) is 12.8 Å². The average Bonchev–Trinajstić information content (AvgIpc) is 3.94. The molecular formula is C38H60N6O7. The van der Waals surface area contributed by atoms with Crippen LogP contribution in [-0.4, -0.2) is 93.9 Å². The Balaban J connectivity index is 1.32. The molecule has 0 radical (unpaired) electrons. The van der Waals surface area contributed by atoms with E-state index in [-0.39, 0.29) is 60.4 Å². The molecule has 0 spiro atoms. The molecule has 7 atom stereocenters. The molecule has 2 saturated heterocycles. The Hall–Kier alpha value is -3.51. The van der Waals surface area contributed by atoms with Gasteiger partial charge >= 0.3 is 6.03 Å². The highest BCUT2D eigenvalue weighted by atomic mass is 16.2. The number of urea groups is 1. The molecule has 13 nitrogen and oxygen atoms in total. The van der Waals surface area contributed by atoms with Crippen LogP contribution < -0.4 is 21.3 Å². The molecular weight excluding hydrogens is 652 g/mol. The molecule has 4 N–H and O–H groups in total. The van der Waals surface area contributed by atoms with Gasteiger partial charge in [-0.1, -0.05) is 82.6 Å². The summed E-state index contributed by atoms with van der Waals surface area (Å²) in [6.07, 6.45) is 3.12. The van der Waals surface area contributed by atoms with Crippen LogP contribution in [0.1, 0.15) is 115 Å². The normalized spacial score (nSPS) is 30.5. The van der Waals surface area contributed by atoms with E-state index < -0.39 is 69.4 Å². The number of carbonyl (C=O) groups excluding carboxylic acids is 7. The Morgan fingerprint density at radius 1 is 0.882 bits per heavy atom. The largest absolute Gasteiger partial charge is 0.347 e. The molecule has 5 aliphatic rings. The van der Waals surface area contributed by atoms with Crippen molar-refractivity contribution >= 4 is 41.4 Å². The number of amides is 7. The minimum atomic E-state index is -1.28. The minimum Gasteiger partial charge on any atom is -0.347 e. The molecule has 2 heterocycles. The van der Waals surface area contributed by atoms with Crippen molar-refractivity contribution in [2.24, 2.45) is 39.4 Å². The Morgan fingerprint density at radius 3 is 1.96 bits per heavy atom. The number of nitrogens with one attached hydrogen (secondary N) is 4. The van der Waals surface area contributed by atoms with Crippen LogP contribution >= 0.6 is 0 Å². The molecule has 13 heteroatoms. The van der Waals surface area contributed by atoms with Crippen LogP contribution in [-0.2, 0) is 28.8 Å². The van der Waals surface area contributed by atoms with Gasteiger partial charge in [-0.2, -0.15) is 0 Å². The Labute approximate surface area is 302 Å². The van der Waals surface area contributed by atoms with E-state index in [1.165, 1.54) is 4.90 Å². The summed E-state index contributed by atoms with van der Waals surface area (Å²) in [6, 6.07) is -3.14. The quantitative estimate of drug-likeness (QED) is 0.188. The third-order valence-corrected chi connectivity index (χ3v) is 12.2. The van der Waals surface area contributed by atoms with Gasteiger partial charge in [0.2, 0.25) is 29.4 Å². The molecule has 0 aromatic heterocycles. The number of likely N-dealkylation sites (tertiary alicyclic amines) is 2. The summed E-state index contributed by atoms with van der Waals surface area (Å²) in [5.41, 5.74) is -3.22. The van der Waals surface area contributed by atoms with Gasteiger partial charge in [-0.3, -0.25) is 33.7 Å². The summed E-state index contributed by atoms with van der Waals surface area (Å²) in [5.74, 6) is -2.97. The number of Topliss-reactive ketones (excluding diaryl/α,β-unsaturated/α-hetero) is 1. The van der Waals surface area contributed by atoms with E-state index in [4.69, 9.17) is 0 Å². The first-order valence-electron chi connectivity index (χ1n) is 18.7. The summed E-state index contributed by atoms with van der Waals surface area (Å²) in [6.45, 7) is 21.4. The van der Waals surface area contributed by atoms with Crippen molar-refractivity contribution in [3.8, 4) is 0 Å². The number of carbonyl (C=O) groups is 7. The molecule has 51 heavy (non-hydrogen) atoms. The third-order valence-electron chi connectivity index (χ3n) is 12.2. The van der Waals surface area contributed by atoms with E-state index in [0.29, 0.717) is 19.4 Å². The molecule has 3 saturated carbocycles.